The summed E-state index contributed by atoms with van der Waals surface area (Å²) < 4.78 is 10.2. The van der Waals surface area contributed by atoms with Crippen LogP contribution in [0.1, 0.15) is 19.4 Å². The van der Waals surface area contributed by atoms with Gasteiger partial charge in [-0.15, -0.1) is 0 Å². The van der Waals surface area contributed by atoms with Crippen LogP contribution in [0.5, 0.6) is 5.75 Å². The van der Waals surface area contributed by atoms with E-state index in [2.05, 4.69) is 0 Å². The Kier molecular flexibility index (Phi) is 4.65. The fourth-order valence-corrected chi connectivity index (χ4v) is 2.29. The Balaban J connectivity index is 2.40. The van der Waals surface area contributed by atoms with Crippen LogP contribution in [0.3, 0.4) is 0 Å². The molecule has 1 heterocycles. The molecule has 1 aliphatic heterocycles. The Morgan fingerprint density at radius 1 is 1.27 bits per heavy atom. The van der Waals surface area contributed by atoms with E-state index in [-0.39, 0.29) is 5.91 Å². The summed E-state index contributed by atoms with van der Waals surface area (Å²) in [6.07, 6.45) is 1.69. The molecule has 22 heavy (non-hydrogen) atoms. The molecule has 5 nitrogen and oxygen atoms in total. The molecule has 0 saturated heterocycles. The van der Waals surface area contributed by atoms with E-state index in [0.717, 1.165) is 11.3 Å². The highest BCUT2D eigenvalue weighted by molar-refractivity contribution is 6.16. The molecule has 0 spiro atoms. The predicted octanol–water partition coefficient (Wildman–Crippen LogP) is 2.39. The van der Waals surface area contributed by atoms with Crippen LogP contribution in [-0.2, 0) is 14.3 Å². The van der Waals surface area contributed by atoms with Gasteiger partial charge in [0.05, 0.1) is 24.9 Å². The van der Waals surface area contributed by atoms with Gasteiger partial charge in [0.15, 0.2) is 0 Å². The number of allylic oxidation sites excluding steroid dienone is 1. The van der Waals surface area contributed by atoms with Crippen LogP contribution in [0.25, 0.3) is 6.08 Å². The van der Waals surface area contributed by atoms with Crippen molar-refractivity contribution in [1.29, 1.82) is 0 Å². The van der Waals surface area contributed by atoms with Gasteiger partial charge in [-0.05, 0) is 37.6 Å². The maximum atomic E-state index is 12.3. The molecule has 0 aromatic heterocycles. The summed E-state index contributed by atoms with van der Waals surface area (Å²) in [4.78, 5) is 25.7. The second kappa shape index (κ2) is 6.47. The molecule has 0 saturated carbocycles. The van der Waals surface area contributed by atoms with Crippen molar-refractivity contribution in [2.24, 2.45) is 0 Å². The summed E-state index contributed by atoms with van der Waals surface area (Å²) in [6.45, 7) is 4.24. The van der Waals surface area contributed by atoms with E-state index in [1.807, 2.05) is 31.2 Å². The van der Waals surface area contributed by atoms with Gasteiger partial charge in [0.1, 0.15) is 5.75 Å². The number of carbonyl (C=O) groups excluding carboxylic acids is 2. The summed E-state index contributed by atoms with van der Waals surface area (Å²) in [5.41, 5.74) is 2.06. The third-order valence-electron chi connectivity index (χ3n) is 3.56. The molecule has 0 radical (unpaired) electrons. The highest BCUT2D eigenvalue weighted by atomic mass is 16.5. The lowest BCUT2D eigenvalue weighted by Gasteiger charge is -2.08. The average molecular weight is 301 g/mol. The summed E-state index contributed by atoms with van der Waals surface area (Å²) >= 11 is 0. The topological polar surface area (TPSA) is 55.8 Å². The Morgan fingerprint density at radius 3 is 2.45 bits per heavy atom. The SMILES string of the molecule is CCOc1ccc(/C=C2\C(=O)N(C)C(C)=C2C(=O)OC)cc1. The number of methoxy groups -OCH3 is 1. The third-order valence-corrected chi connectivity index (χ3v) is 3.56. The first-order valence-corrected chi connectivity index (χ1v) is 7.01. The van der Waals surface area contributed by atoms with Crippen molar-refractivity contribution in [1.82, 2.24) is 4.90 Å². The van der Waals surface area contributed by atoms with Crippen LogP contribution in [0, 0.1) is 0 Å². The smallest absolute Gasteiger partial charge is 0.340 e. The van der Waals surface area contributed by atoms with Crippen molar-refractivity contribution in [3.63, 3.8) is 0 Å². The Morgan fingerprint density at radius 2 is 1.91 bits per heavy atom. The zero-order valence-corrected chi connectivity index (χ0v) is 13.2. The minimum Gasteiger partial charge on any atom is -0.494 e. The minimum atomic E-state index is -0.507. The Bertz CT molecular complexity index is 656. The maximum Gasteiger partial charge on any atom is 0.340 e. The first-order chi connectivity index (χ1) is 10.5. The van der Waals surface area contributed by atoms with E-state index in [1.54, 1.807) is 20.0 Å². The number of hydrogen-bond donors (Lipinski definition) is 0. The molecule has 0 aliphatic carbocycles. The molecule has 0 N–H and O–H groups in total. The Labute approximate surface area is 129 Å². The summed E-state index contributed by atoms with van der Waals surface area (Å²) in [5.74, 6) is 0.0404. The van der Waals surface area contributed by atoms with E-state index < -0.39 is 5.97 Å². The van der Waals surface area contributed by atoms with Crippen molar-refractivity contribution in [3.05, 3.63) is 46.7 Å². The molecule has 1 amide bonds. The predicted molar refractivity (Wildman–Crippen MR) is 83.1 cm³/mol. The molecule has 1 aliphatic rings. The largest absolute Gasteiger partial charge is 0.494 e. The number of carbonyl (C=O) groups is 2. The molecular weight excluding hydrogens is 282 g/mol. The first-order valence-electron chi connectivity index (χ1n) is 7.01. The number of nitrogens with zero attached hydrogens (tertiary/aromatic N) is 1. The molecule has 2 rings (SSSR count). The molecule has 0 fully saturated rings. The summed E-state index contributed by atoms with van der Waals surface area (Å²) in [5, 5.41) is 0. The number of hydrogen-bond acceptors (Lipinski definition) is 4. The zero-order chi connectivity index (χ0) is 16.3. The van der Waals surface area contributed by atoms with E-state index in [9.17, 15) is 9.59 Å². The first kappa shape index (κ1) is 15.8. The lowest BCUT2D eigenvalue weighted by Crippen LogP contribution is -2.19. The van der Waals surface area contributed by atoms with Gasteiger partial charge in [-0.2, -0.15) is 0 Å². The second-order valence-corrected chi connectivity index (χ2v) is 4.88. The number of likely N-dealkylation sites (N-methyl/N-ethyl adjacent to an activating group) is 1. The molecule has 116 valence electrons. The number of amides is 1. The number of rotatable bonds is 4. The lowest BCUT2D eigenvalue weighted by atomic mass is 10.0. The van der Waals surface area contributed by atoms with Crippen LogP contribution < -0.4 is 4.74 Å². The average Bonchev–Trinajstić information content (AvgIpc) is 2.73. The van der Waals surface area contributed by atoms with Crippen LogP contribution in [0.15, 0.2) is 41.1 Å². The quantitative estimate of drug-likeness (QED) is 0.633. The zero-order valence-electron chi connectivity index (χ0n) is 13.2. The van der Waals surface area contributed by atoms with Gasteiger partial charge in [0.25, 0.3) is 5.91 Å². The van der Waals surface area contributed by atoms with Crippen molar-refractivity contribution in [2.45, 2.75) is 13.8 Å². The normalized spacial score (nSPS) is 16.5. The van der Waals surface area contributed by atoms with Crippen LogP contribution >= 0.6 is 0 Å². The number of esters is 1. The lowest BCUT2D eigenvalue weighted by molar-refractivity contribution is -0.136. The third kappa shape index (κ3) is 2.88. The fraction of sp³-hybridized carbons (Fsp3) is 0.294. The standard InChI is InChI=1S/C17H19NO4/c1-5-22-13-8-6-12(7-9-13)10-14-15(17(20)21-4)11(2)18(3)16(14)19/h6-10H,5H2,1-4H3/b14-10-. The van der Waals surface area contributed by atoms with Gasteiger partial charge < -0.3 is 14.4 Å². The number of ether oxygens (including phenoxy) is 2. The van der Waals surface area contributed by atoms with Gasteiger partial charge >= 0.3 is 5.97 Å². The van der Waals surface area contributed by atoms with Gasteiger partial charge in [0, 0.05) is 12.7 Å². The summed E-state index contributed by atoms with van der Waals surface area (Å²) in [7, 11) is 2.94. The molecular formula is C17H19NO4. The molecule has 1 aromatic rings. The van der Waals surface area contributed by atoms with E-state index in [1.165, 1.54) is 12.0 Å². The van der Waals surface area contributed by atoms with Crippen LogP contribution in [0.2, 0.25) is 0 Å². The molecule has 0 atom stereocenters. The maximum absolute atomic E-state index is 12.3. The van der Waals surface area contributed by atoms with E-state index in [4.69, 9.17) is 9.47 Å². The fourth-order valence-electron chi connectivity index (χ4n) is 2.29. The van der Waals surface area contributed by atoms with Gasteiger partial charge in [0.2, 0.25) is 0 Å². The van der Waals surface area contributed by atoms with Crippen molar-refractivity contribution < 1.29 is 19.1 Å². The minimum absolute atomic E-state index is 0.216. The van der Waals surface area contributed by atoms with Crippen molar-refractivity contribution in [2.75, 3.05) is 20.8 Å². The van der Waals surface area contributed by atoms with Gasteiger partial charge in [-0.25, -0.2) is 4.79 Å². The second-order valence-electron chi connectivity index (χ2n) is 4.88. The molecule has 0 bridgehead atoms. The van der Waals surface area contributed by atoms with Crippen molar-refractivity contribution in [3.8, 4) is 5.75 Å². The summed E-state index contributed by atoms with van der Waals surface area (Å²) in [6, 6.07) is 7.34. The van der Waals surface area contributed by atoms with Gasteiger partial charge in [-0.1, -0.05) is 12.1 Å². The van der Waals surface area contributed by atoms with Crippen molar-refractivity contribution >= 4 is 18.0 Å². The van der Waals surface area contributed by atoms with Crippen LogP contribution in [0.4, 0.5) is 0 Å². The number of benzene rings is 1. The monoisotopic (exact) mass is 301 g/mol. The van der Waals surface area contributed by atoms with E-state index >= 15 is 0 Å². The highest BCUT2D eigenvalue weighted by Crippen LogP contribution is 2.30. The van der Waals surface area contributed by atoms with E-state index in [0.29, 0.717) is 23.5 Å². The van der Waals surface area contributed by atoms with Crippen LogP contribution in [-0.4, -0.2) is 37.5 Å². The van der Waals surface area contributed by atoms with Gasteiger partial charge in [-0.3, -0.25) is 4.79 Å². The molecule has 5 heteroatoms. The molecule has 0 unspecified atom stereocenters. The highest BCUT2D eigenvalue weighted by Gasteiger charge is 2.34. The molecule has 1 aromatic carbocycles. The Hall–Kier alpha value is -2.56.